The van der Waals surface area contributed by atoms with Crippen LogP contribution in [0.25, 0.3) is 17.3 Å². The van der Waals surface area contributed by atoms with E-state index in [2.05, 4.69) is 20.5 Å². The first-order chi connectivity index (χ1) is 18.9. The SMILES string of the molecule is C/C(=C\c1c(Cl)cc(C(=O)Nc2nc(-c3cccc(C(F)(F)F)c3)c(N3CC4CCNC4C3)s2)cc1Cl)C(=O)O. The molecule has 5 rings (SSSR count). The van der Waals surface area contributed by atoms with Crippen LogP contribution in [0.1, 0.15) is 34.8 Å². The Morgan fingerprint density at radius 1 is 1.20 bits per heavy atom. The topological polar surface area (TPSA) is 94.6 Å². The molecule has 2 unspecified atom stereocenters. The molecule has 40 heavy (non-hydrogen) atoms. The molecular weight excluding hydrogens is 588 g/mol. The number of nitrogens with one attached hydrogen (secondary N) is 2. The zero-order valence-electron chi connectivity index (χ0n) is 21.0. The van der Waals surface area contributed by atoms with E-state index in [-0.39, 0.29) is 37.9 Å². The van der Waals surface area contributed by atoms with Crippen LogP contribution in [-0.4, -0.2) is 47.6 Å². The fraction of sp³-hybridized carbons (Fsp3) is 0.296. The minimum Gasteiger partial charge on any atom is -0.478 e. The molecule has 2 aliphatic rings. The Morgan fingerprint density at radius 3 is 2.58 bits per heavy atom. The summed E-state index contributed by atoms with van der Waals surface area (Å²) in [5, 5.41) is 16.4. The van der Waals surface area contributed by atoms with Crippen LogP contribution in [0.5, 0.6) is 0 Å². The summed E-state index contributed by atoms with van der Waals surface area (Å²) >= 11 is 13.8. The summed E-state index contributed by atoms with van der Waals surface area (Å²) in [6, 6.07) is 7.98. The molecule has 2 atom stereocenters. The molecule has 3 heterocycles. The van der Waals surface area contributed by atoms with Gasteiger partial charge in [-0.1, -0.05) is 46.7 Å². The molecule has 7 nitrogen and oxygen atoms in total. The maximum atomic E-state index is 13.5. The maximum Gasteiger partial charge on any atom is 0.416 e. The third kappa shape index (κ3) is 5.83. The molecule has 2 fully saturated rings. The quantitative estimate of drug-likeness (QED) is 0.270. The average molecular weight is 611 g/mol. The lowest BCUT2D eigenvalue weighted by molar-refractivity contribution is -0.137. The Kier molecular flexibility index (Phi) is 7.84. The number of benzene rings is 2. The summed E-state index contributed by atoms with van der Waals surface area (Å²) < 4.78 is 40.4. The second-order valence-electron chi connectivity index (χ2n) is 9.71. The number of thiazole rings is 1. The zero-order chi connectivity index (χ0) is 28.8. The molecule has 2 aromatic carbocycles. The number of carboxylic acid groups (broad SMARTS) is 1. The van der Waals surface area contributed by atoms with E-state index in [1.54, 1.807) is 6.07 Å². The van der Waals surface area contributed by atoms with Gasteiger partial charge in [-0.05, 0) is 56.1 Å². The molecule has 2 saturated heterocycles. The lowest BCUT2D eigenvalue weighted by Crippen LogP contribution is -2.29. The van der Waals surface area contributed by atoms with E-state index in [9.17, 15) is 22.8 Å². The van der Waals surface area contributed by atoms with Crippen molar-refractivity contribution in [1.29, 1.82) is 0 Å². The maximum absolute atomic E-state index is 13.5. The first-order valence-corrected chi connectivity index (χ1v) is 13.9. The zero-order valence-corrected chi connectivity index (χ0v) is 23.3. The van der Waals surface area contributed by atoms with Crippen molar-refractivity contribution in [3.8, 4) is 11.3 Å². The Bertz CT molecular complexity index is 1490. The number of rotatable bonds is 6. The molecule has 13 heteroatoms. The molecule has 2 aliphatic heterocycles. The van der Waals surface area contributed by atoms with E-state index in [1.165, 1.54) is 42.5 Å². The number of aromatic nitrogens is 1. The van der Waals surface area contributed by atoms with Gasteiger partial charge in [0.15, 0.2) is 5.13 Å². The molecule has 0 aliphatic carbocycles. The standard InChI is InChI=1S/C27H23Cl2F3N4O3S/c1-13(25(38)39)7-18-19(28)9-16(10-20(18)29)23(37)35-26-34-22(14-3-2-4-17(8-14)27(30,31)32)24(40-26)36-11-15-5-6-33-21(15)12-36/h2-4,7-10,15,21,33H,5-6,11-12H2,1H3,(H,38,39)(H,34,35,37)/b13-7+. The van der Waals surface area contributed by atoms with E-state index in [4.69, 9.17) is 28.3 Å². The van der Waals surface area contributed by atoms with Crippen molar-refractivity contribution in [2.75, 3.05) is 29.9 Å². The van der Waals surface area contributed by atoms with Gasteiger partial charge in [0.2, 0.25) is 0 Å². The van der Waals surface area contributed by atoms with Gasteiger partial charge >= 0.3 is 12.1 Å². The number of alkyl halides is 3. The van der Waals surface area contributed by atoms with Crippen LogP contribution < -0.4 is 15.5 Å². The van der Waals surface area contributed by atoms with Gasteiger partial charge in [-0.25, -0.2) is 9.78 Å². The van der Waals surface area contributed by atoms with E-state index in [0.717, 1.165) is 31.6 Å². The number of halogens is 5. The highest BCUT2D eigenvalue weighted by atomic mass is 35.5. The number of hydrogen-bond donors (Lipinski definition) is 3. The number of carboxylic acids is 1. The van der Waals surface area contributed by atoms with Crippen LogP contribution in [-0.2, 0) is 11.0 Å². The van der Waals surface area contributed by atoms with Gasteiger partial charge in [0, 0.05) is 41.4 Å². The highest BCUT2D eigenvalue weighted by Crippen LogP contribution is 2.43. The minimum absolute atomic E-state index is 0.0136. The van der Waals surface area contributed by atoms with Crippen molar-refractivity contribution in [1.82, 2.24) is 10.3 Å². The number of carbonyl (C=O) groups is 2. The van der Waals surface area contributed by atoms with E-state index in [0.29, 0.717) is 28.7 Å². The molecule has 3 aromatic rings. The van der Waals surface area contributed by atoms with Crippen molar-refractivity contribution in [2.45, 2.75) is 25.6 Å². The predicted octanol–water partition coefficient (Wildman–Crippen LogP) is 6.67. The van der Waals surface area contributed by atoms with Gasteiger partial charge in [-0.3, -0.25) is 10.1 Å². The van der Waals surface area contributed by atoms with Crippen molar-refractivity contribution in [3.05, 3.63) is 68.7 Å². The summed E-state index contributed by atoms with van der Waals surface area (Å²) in [6.07, 6.45) is -2.19. The Morgan fingerprint density at radius 2 is 1.93 bits per heavy atom. The number of amides is 1. The van der Waals surface area contributed by atoms with Crippen LogP contribution in [0.2, 0.25) is 10.0 Å². The average Bonchev–Trinajstić information content (AvgIpc) is 3.60. The molecule has 1 amide bonds. The summed E-state index contributed by atoms with van der Waals surface area (Å²) in [7, 11) is 0. The summed E-state index contributed by atoms with van der Waals surface area (Å²) in [5.41, 5.74) is 0.245. The van der Waals surface area contributed by atoms with Crippen LogP contribution in [0, 0.1) is 5.92 Å². The normalized spacial score (nSPS) is 19.1. The molecule has 3 N–H and O–H groups in total. The van der Waals surface area contributed by atoms with Gasteiger partial charge in [-0.15, -0.1) is 0 Å². The largest absolute Gasteiger partial charge is 0.478 e. The number of anilines is 2. The van der Waals surface area contributed by atoms with E-state index >= 15 is 0 Å². The summed E-state index contributed by atoms with van der Waals surface area (Å²) in [4.78, 5) is 31.0. The second-order valence-corrected chi connectivity index (χ2v) is 11.5. The fourth-order valence-electron chi connectivity index (χ4n) is 4.93. The lowest BCUT2D eigenvalue weighted by atomic mass is 10.1. The van der Waals surface area contributed by atoms with Crippen molar-refractivity contribution in [2.24, 2.45) is 5.92 Å². The molecule has 0 spiro atoms. The third-order valence-electron chi connectivity index (χ3n) is 6.98. The Balaban J connectivity index is 1.47. The Hall–Kier alpha value is -3.12. The second kappa shape index (κ2) is 11.0. The highest BCUT2D eigenvalue weighted by molar-refractivity contribution is 7.20. The monoisotopic (exact) mass is 610 g/mol. The van der Waals surface area contributed by atoms with Gasteiger partial charge in [0.1, 0.15) is 10.7 Å². The Labute approximate surface area is 241 Å². The first kappa shape index (κ1) is 28.4. The highest BCUT2D eigenvalue weighted by Gasteiger charge is 2.38. The van der Waals surface area contributed by atoms with Gasteiger partial charge in [0.05, 0.1) is 15.6 Å². The lowest BCUT2D eigenvalue weighted by Gasteiger charge is -2.19. The predicted molar refractivity (Wildman–Crippen MR) is 150 cm³/mol. The van der Waals surface area contributed by atoms with Crippen molar-refractivity contribution >= 4 is 62.6 Å². The smallest absolute Gasteiger partial charge is 0.416 e. The van der Waals surface area contributed by atoms with Crippen molar-refractivity contribution < 1.29 is 27.9 Å². The number of nitrogens with zero attached hydrogens (tertiary/aromatic N) is 2. The van der Waals surface area contributed by atoms with E-state index < -0.39 is 23.6 Å². The van der Waals surface area contributed by atoms with Crippen LogP contribution in [0.4, 0.5) is 23.3 Å². The fourth-order valence-corrected chi connectivity index (χ4v) is 6.52. The van der Waals surface area contributed by atoms with Gasteiger partial charge in [-0.2, -0.15) is 13.2 Å². The van der Waals surface area contributed by atoms with Gasteiger partial charge < -0.3 is 15.3 Å². The molecule has 210 valence electrons. The number of fused-ring (bicyclic) bond motifs is 1. The summed E-state index contributed by atoms with van der Waals surface area (Å²) in [6.45, 7) is 3.74. The minimum atomic E-state index is -4.51. The van der Waals surface area contributed by atoms with Crippen LogP contribution >= 0.6 is 34.5 Å². The molecule has 0 saturated carbocycles. The van der Waals surface area contributed by atoms with Crippen LogP contribution in [0.3, 0.4) is 0 Å². The third-order valence-corrected chi connectivity index (χ3v) is 8.64. The number of hydrogen-bond acceptors (Lipinski definition) is 6. The molecule has 0 bridgehead atoms. The van der Waals surface area contributed by atoms with E-state index in [1.807, 2.05) is 0 Å². The van der Waals surface area contributed by atoms with Crippen molar-refractivity contribution in [3.63, 3.8) is 0 Å². The molecule has 0 radical (unpaired) electrons. The number of carbonyl (C=O) groups excluding carboxylic acids is 1. The summed E-state index contributed by atoms with van der Waals surface area (Å²) in [5.74, 6) is -1.29. The van der Waals surface area contributed by atoms with Gasteiger partial charge in [0.25, 0.3) is 5.91 Å². The molecular formula is C27H23Cl2F3N4O3S. The van der Waals surface area contributed by atoms with Crippen LogP contribution in [0.15, 0.2) is 42.0 Å². The first-order valence-electron chi connectivity index (χ1n) is 12.3. The molecule has 1 aromatic heterocycles. The number of aliphatic carboxylic acids is 1.